The second kappa shape index (κ2) is 8.29. The minimum atomic E-state index is -0.173. The van der Waals surface area contributed by atoms with Crippen molar-refractivity contribution < 1.29 is 9.53 Å². The van der Waals surface area contributed by atoms with Crippen molar-refractivity contribution in [3.05, 3.63) is 54.1 Å². The van der Waals surface area contributed by atoms with Gasteiger partial charge >= 0.3 is 5.97 Å². The van der Waals surface area contributed by atoms with Crippen molar-refractivity contribution in [2.45, 2.75) is 20.3 Å². The van der Waals surface area contributed by atoms with E-state index in [1.807, 2.05) is 37.3 Å². The molecule has 0 amide bonds. The van der Waals surface area contributed by atoms with Gasteiger partial charge in [-0.1, -0.05) is 61.6 Å². The molecule has 0 saturated carbocycles. The highest BCUT2D eigenvalue weighted by molar-refractivity contribution is 5.71. The largest absolute Gasteiger partial charge is 0.466 e. The van der Waals surface area contributed by atoms with Gasteiger partial charge in [-0.15, -0.1) is 0 Å². The van der Waals surface area contributed by atoms with Gasteiger partial charge in [0.2, 0.25) is 0 Å². The Morgan fingerprint density at radius 2 is 2.00 bits per heavy atom. The first-order valence-corrected chi connectivity index (χ1v) is 6.28. The van der Waals surface area contributed by atoms with E-state index in [0.29, 0.717) is 18.9 Å². The van der Waals surface area contributed by atoms with E-state index in [1.54, 1.807) is 0 Å². The van der Waals surface area contributed by atoms with Crippen molar-refractivity contribution in [3.63, 3.8) is 0 Å². The first kappa shape index (κ1) is 14.2. The molecule has 0 aliphatic rings. The molecule has 0 radical (unpaired) electrons. The van der Waals surface area contributed by atoms with Crippen LogP contribution < -0.4 is 0 Å². The van der Waals surface area contributed by atoms with Gasteiger partial charge in [0.25, 0.3) is 0 Å². The molecule has 0 fully saturated rings. The van der Waals surface area contributed by atoms with Crippen LogP contribution >= 0.6 is 0 Å². The highest BCUT2D eigenvalue weighted by atomic mass is 16.5. The van der Waals surface area contributed by atoms with Crippen LogP contribution in [0.4, 0.5) is 0 Å². The fourth-order valence-electron chi connectivity index (χ4n) is 1.49. The lowest BCUT2D eigenvalue weighted by Crippen LogP contribution is -2.01. The number of hydrogen-bond donors (Lipinski definition) is 0. The third-order valence-corrected chi connectivity index (χ3v) is 2.42. The second-order valence-corrected chi connectivity index (χ2v) is 4.07. The minimum Gasteiger partial charge on any atom is -0.466 e. The van der Waals surface area contributed by atoms with Crippen LogP contribution in [0.15, 0.2) is 48.6 Å². The number of benzene rings is 1. The zero-order valence-corrected chi connectivity index (χ0v) is 11.0. The van der Waals surface area contributed by atoms with E-state index in [1.165, 1.54) is 5.56 Å². The van der Waals surface area contributed by atoms with Crippen LogP contribution in [0.5, 0.6) is 0 Å². The molecule has 0 saturated heterocycles. The van der Waals surface area contributed by atoms with E-state index in [0.717, 1.165) is 0 Å². The van der Waals surface area contributed by atoms with E-state index in [2.05, 4.69) is 31.2 Å². The summed E-state index contributed by atoms with van der Waals surface area (Å²) >= 11 is 0. The lowest BCUT2D eigenvalue weighted by molar-refractivity contribution is -0.142. The molecule has 0 heterocycles. The van der Waals surface area contributed by atoms with Crippen LogP contribution in [0.3, 0.4) is 0 Å². The Balaban J connectivity index is 2.37. The molecule has 1 atom stereocenters. The normalized spacial score (nSPS) is 13.0. The van der Waals surface area contributed by atoms with Crippen molar-refractivity contribution in [1.29, 1.82) is 0 Å². The second-order valence-electron chi connectivity index (χ2n) is 4.07. The van der Waals surface area contributed by atoms with Crippen LogP contribution in [0.25, 0.3) is 6.08 Å². The van der Waals surface area contributed by atoms with E-state index in [4.69, 9.17) is 4.74 Å². The summed E-state index contributed by atoms with van der Waals surface area (Å²) in [5.41, 5.74) is 1.18. The summed E-state index contributed by atoms with van der Waals surface area (Å²) in [6.45, 7) is 4.34. The van der Waals surface area contributed by atoms with E-state index >= 15 is 0 Å². The maximum absolute atomic E-state index is 11.1. The molecular formula is C16H20O2. The number of carbonyl (C=O) groups is 1. The maximum atomic E-state index is 11.1. The standard InChI is InChI=1S/C16H20O2/c1-3-18-16(17)11-7-8-14(2)12-13-15-9-5-4-6-10-15/h4-10,12-14H,3,11H2,1-2H3/b8-7-,13-12+. The summed E-state index contributed by atoms with van der Waals surface area (Å²) in [5, 5.41) is 0. The topological polar surface area (TPSA) is 26.3 Å². The molecule has 0 aliphatic heterocycles. The molecule has 0 aliphatic carbocycles. The van der Waals surface area contributed by atoms with E-state index in [-0.39, 0.29) is 5.97 Å². The first-order valence-electron chi connectivity index (χ1n) is 6.28. The average molecular weight is 244 g/mol. The predicted molar refractivity (Wildman–Crippen MR) is 75.0 cm³/mol. The zero-order valence-electron chi connectivity index (χ0n) is 11.0. The van der Waals surface area contributed by atoms with Crippen molar-refractivity contribution in [2.75, 3.05) is 6.61 Å². The monoisotopic (exact) mass is 244 g/mol. The van der Waals surface area contributed by atoms with Gasteiger partial charge in [-0.2, -0.15) is 0 Å². The van der Waals surface area contributed by atoms with Gasteiger partial charge in [-0.05, 0) is 18.4 Å². The molecule has 1 unspecified atom stereocenters. The molecule has 1 rings (SSSR count). The summed E-state index contributed by atoms with van der Waals surface area (Å²) in [7, 11) is 0. The quantitative estimate of drug-likeness (QED) is 0.561. The average Bonchev–Trinajstić information content (AvgIpc) is 2.38. The lowest BCUT2D eigenvalue weighted by Gasteiger charge is -1.99. The molecule has 96 valence electrons. The maximum Gasteiger partial charge on any atom is 0.309 e. The summed E-state index contributed by atoms with van der Waals surface area (Å²) in [4.78, 5) is 11.1. The predicted octanol–water partition coefficient (Wildman–Crippen LogP) is 3.85. The number of allylic oxidation sites excluding steroid dienone is 2. The fraction of sp³-hybridized carbons (Fsp3) is 0.312. The molecule has 0 N–H and O–H groups in total. The summed E-state index contributed by atoms with van der Waals surface area (Å²) in [5.74, 6) is 0.132. The Bertz CT molecular complexity index is 404. The summed E-state index contributed by atoms with van der Waals surface area (Å²) in [6.07, 6.45) is 8.40. The highest BCUT2D eigenvalue weighted by Gasteiger charge is 1.97. The Labute approximate surface area is 109 Å². The van der Waals surface area contributed by atoms with Gasteiger partial charge in [0.1, 0.15) is 0 Å². The Kier molecular flexibility index (Phi) is 6.55. The minimum absolute atomic E-state index is 0.173. The molecule has 0 spiro atoms. The first-order chi connectivity index (χ1) is 8.72. The Morgan fingerprint density at radius 3 is 2.67 bits per heavy atom. The zero-order chi connectivity index (χ0) is 13.2. The van der Waals surface area contributed by atoms with Gasteiger partial charge in [0.05, 0.1) is 13.0 Å². The fourth-order valence-corrected chi connectivity index (χ4v) is 1.49. The van der Waals surface area contributed by atoms with Crippen LogP contribution in [-0.4, -0.2) is 12.6 Å². The number of esters is 1. The molecule has 2 heteroatoms. The Morgan fingerprint density at radius 1 is 1.28 bits per heavy atom. The van der Waals surface area contributed by atoms with Crippen molar-refractivity contribution in [2.24, 2.45) is 5.92 Å². The Hall–Kier alpha value is -1.83. The van der Waals surface area contributed by atoms with Gasteiger partial charge in [0, 0.05) is 0 Å². The molecule has 1 aromatic rings. The van der Waals surface area contributed by atoms with Crippen LogP contribution in [0, 0.1) is 5.92 Å². The number of ether oxygens (including phenoxy) is 1. The molecular weight excluding hydrogens is 224 g/mol. The van der Waals surface area contributed by atoms with Gasteiger partial charge in [0.15, 0.2) is 0 Å². The van der Waals surface area contributed by atoms with E-state index in [9.17, 15) is 4.79 Å². The van der Waals surface area contributed by atoms with Gasteiger partial charge < -0.3 is 4.74 Å². The summed E-state index contributed by atoms with van der Waals surface area (Å²) < 4.78 is 4.84. The van der Waals surface area contributed by atoms with Gasteiger partial charge in [-0.25, -0.2) is 0 Å². The van der Waals surface area contributed by atoms with E-state index < -0.39 is 0 Å². The molecule has 18 heavy (non-hydrogen) atoms. The van der Waals surface area contributed by atoms with Crippen molar-refractivity contribution >= 4 is 12.0 Å². The third-order valence-electron chi connectivity index (χ3n) is 2.42. The SMILES string of the molecule is CCOC(=O)C/C=C\C(C)/C=C/c1ccccc1. The summed E-state index contributed by atoms with van der Waals surface area (Å²) in [6, 6.07) is 10.2. The number of rotatable bonds is 6. The number of carbonyl (C=O) groups excluding carboxylic acids is 1. The van der Waals surface area contributed by atoms with Crippen LogP contribution in [-0.2, 0) is 9.53 Å². The number of hydrogen-bond acceptors (Lipinski definition) is 2. The molecule has 0 aromatic heterocycles. The lowest BCUT2D eigenvalue weighted by atomic mass is 10.1. The molecule has 0 bridgehead atoms. The van der Waals surface area contributed by atoms with Crippen LogP contribution in [0.2, 0.25) is 0 Å². The highest BCUT2D eigenvalue weighted by Crippen LogP contribution is 2.07. The van der Waals surface area contributed by atoms with Crippen molar-refractivity contribution in [1.82, 2.24) is 0 Å². The van der Waals surface area contributed by atoms with Crippen LogP contribution in [0.1, 0.15) is 25.8 Å². The molecule has 1 aromatic carbocycles. The third kappa shape index (κ3) is 6.04. The smallest absolute Gasteiger partial charge is 0.309 e. The molecule has 2 nitrogen and oxygen atoms in total. The van der Waals surface area contributed by atoms with Crippen molar-refractivity contribution in [3.8, 4) is 0 Å². The van der Waals surface area contributed by atoms with Gasteiger partial charge in [-0.3, -0.25) is 4.79 Å².